The number of pyridine rings is 1. The van der Waals surface area contributed by atoms with Crippen LogP contribution in [0.3, 0.4) is 0 Å². The fraction of sp³-hybridized carbons (Fsp3) is 0.267. The number of halogens is 3. The Morgan fingerprint density at radius 3 is 2.57 bits per heavy atom. The second-order valence-corrected chi connectivity index (χ2v) is 4.50. The number of benzene rings is 1. The van der Waals surface area contributed by atoms with Crippen molar-refractivity contribution in [2.24, 2.45) is 0 Å². The van der Waals surface area contributed by atoms with Crippen LogP contribution in [0.5, 0.6) is 0 Å². The van der Waals surface area contributed by atoms with Crippen molar-refractivity contribution in [3.63, 3.8) is 0 Å². The molecule has 1 unspecified atom stereocenters. The van der Waals surface area contributed by atoms with E-state index in [9.17, 15) is 18.3 Å². The molecule has 6 heteroatoms. The summed E-state index contributed by atoms with van der Waals surface area (Å²) < 4.78 is 44.0. The highest BCUT2D eigenvalue weighted by molar-refractivity contribution is 5.39. The highest BCUT2D eigenvalue weighted by atomic mass is 19.4. The summed E-state index contributed by atoms with van der Waals surface area (Å²) in [5.41, 5.74) is -0.159. The summed E-state index contributed by atoms with van der Waals surface area (Å²) in [4.78, 5) is 3.69. The van der Waals surface area contributed by atoms with Crippen molar-refractivity contribution in [2.75, 3.05) is 7.11 Å². The third-order valence-corrected chi connectivity index (χ3v) is 3.10. The average Bonchev–Trinajstić information content (AvgIpc) is 2.46. The third kappa shape index (κ3) is 3.40. The summed E-state index contributed by atoms with van der Waals surface area (Å²) in [6.07, 6.45) is -3.87. The Hall–Kier alpha value is -1.92. The maximum atomic E-state index is 13.0. The molecule has 0 aliphatic carbocycles. The van der Waals surface area contributed by atoms with Crippen molar-refractivity contribution in [1.82, 2.24) is 4.98 Å². The van der Waals surface area contributed by atoms with Gasteiger partial charge in [-0.15, -0.1) is 0 Å². The summed E-state index contributed by atoms with van der Waals surface area (Å²) in [7, 11) is 1.48. The molecule has 0 aliphatic rings. The Bertz CT molecular complexity index is 614. The number of hydrogen-bond acceptors (Lipinski definition) is 3. The number of methoxy groups -OCH3 is 1. The fourth-order valence-electron chi connectivity index (χ4n) is 2.14. The Morgan fingerprint density at radius 1 is 1.19 bits per heavy atom. The van der Waals surface area contributed by atoms with Crippen LogP contribution in [0.1, 0.15) is 28.4 Å². The first-order chi connectivity index (χ1) is 9.95. The first-order valence-corrected chi connectivity index (χ1v) is 6.21. The van der Waals surface area contributed by atoms with Crippen LogP contribution >= 0.6 is 0 Å². The van der Waals surface area contributed by atoms with Crippen LogP contribution < -0.4 is 0 Å². The number of ether oxygens (including phenoxy) is 1. The molecule has 1 aromatic carbocycles. The van der Waals surface area contributed by atoms with Crippen molar-refractivity contribution < 1.29 is 23.0 Å². The van der Waals surface area contributed by atoms with E-state index in [1.54, 1.807) is 24.3 Å². The van der Waals surface area contributed by atoms with Crippen LogP contribution in [-0.2, 0) is 17.5 Å². The molecule has 0 aliphatic heterocycles. The van der Waals surface area contributed by atoms with Crippen molar-refractivity contribution >= 4 is 0 Å². The second-order valence-electron chi connectivity index (χ2n) is 4.50. The van der Waals surface area contributed by atoms with Gasteiger partial charge in [-0.3, -0.25) is 4.98 Å². The lowest BCUT2D eigenvalue weighted by atomic mass is 9.95. The van der Waals surface area contributed by atoms with Gasteiger partial charge in [-0.05, 0) is 17.2 Å². The summed E-state index contributed by atoms with van der Waals surface area (Å²) in [5, 5.41) is 10.3. The number of aliphatic hydroxyl groups excluding tert-OH is 1. The van der Waals surface area contributed by atoms with Crippen molar-refractivity contribution in [3.05, 3.63) is 65.0 Å². The van der Waals surface area contributed by atoms with Crippen LogP contribution in [0.4, 0.5) is 13.2 Å². The smallest absolute Gasteiger partial charge is 0.384 e. The van der Waals surface area contributed by atoms with Crippen LogP contribution in [0.2, 0.25) is 0 Å². The van der Waals surface area contributed by atoms with E-state index in [-0.39, 0.29) is 12.2 Å². The quantitative estimate of drug-likeness (QED) is 0.941. The normalized spacial score (nSPS) is 13.2. The van der Waals surface area contributed by atoms with E-state index >= 15 is 0 Å². The van der Waals surface area contributed by atoms with Gasteiger partial charge in [0.25, 0.3) is 0 Å². The minimum atomic E-state index is -4.55. The maximum absolute atomic E-state index is 13.0. The van der Waals surface area contributed by atoms with E-state index in [1.807, 2.05) is 0 Å². The molecule has 0 amide bonds. The minimum absolute atomic E-state index is 0.203. The Balaban J connectivity index is 2.48. The van der Waals surface area contributed by atoms with Crippen LogP contribution in [0, 0.1) is 0 Å². The van der Waals surface area contributed by atoms with E-state index in [4.69, 9.17) is 4.74 Å². The minimum Gasteiger partial charge on any atom is -0.384 e. The molecule has 21 heavy (non-hydrogen) atoms. The van der Waals surface area contributed by atoms with Gasteiger partial charge in [-0.25, -0.2) is 0 Å². The van der Waals surface area contributed by atoms with Gasteiger partial charge in [0, 0.05) is 25.1 Å². The summed E-state index contributed by atoms with van der Waals surface area (Å²) >= 11 is 0. The van der Waals surface area contributed by atoms with Crippen molar-refractivity contribution in [3.8, 4) is 0 Å². The largest absolute Gasteiger partial charge is 0.416 e. The predicted octanol–water partition coefficient (Wildman–Crippen LogP) is 3.33. The molecule has 0 saturated carbocycles. The Morgan fingerprint density at radius 2 is 1.90 bits per heavy atom. The molecule has 0 spiro atoms. The molecule has 0 bridgehead atoms. The second kappa shape index (κ2) is 6.24. The molecule has 0 radical (unpaired) electrons. The molecular formula is C15H14F3NO2. The monoisotopic (exact) mass is 297 g/mol. The maximum Gasteiger partial charge on any atom is 0.416 e. The first kappa shape index (κ1) is 15.5. The van der Waals surface area contributed by atoms with Crippen LogP contribution in [-0.4, -0.2) is 17.2 Å². The van der Waals surface area contributed by atoms with Gasteiger partial charge in [0.1, 0.15) is 6.10 Å². The van der Waals surface area contributed by atoms with Crippen molar-refractivity contribution in [2.45, 2.75) is 18.9 Å². The number of aliphatic hydroxyl groups is 1. The molecular weight excluding hydrogens is 283 g/mol. The summed E-state index contributed by atoms with van der Waals surface area (Å²) in [6.45, 7) is 0.203. The number of hydrogen-bond donors (Lipinski definition) is 1. The zero-order valence-corrected chi connectivity index (χ0v) is 11.3. The van der Waals surface area contributed by atoms with Gasteiger partial charge in [0.05, 0.1) is 12.2 Å². The number of alkyl halides is 3. The fourth-order valence-corrected chi connectivity index (χ4v) is 2.14. The van der Waals surface area contributed by atoms with Crippen molar-refractivity contribution in [1.29, 1.82) is 0 Å². The van der Waals surface area contributed by atoms with Crippen LogP contribution in [0.15, 0.2) is 42.7 Å². The molecule has 0 saturated heterocycles. The molecule has 112 valence electrons. The number of rotatable bonds is 4. The molecule has 1 aromatic heterocycles. The van der Waals surface area contributed by atoms with E-state index in [1.165, 1.54) is 7.11 Å². The standard InChI is InChI=1S/C15H14F3NO2/c1-21-9-10-4-2-3-5-11(10)14(20)12-8-19-7-6-13(12)15(16,17)18/h2-8,14,20H,9H2,1H3. The molecule has 3 nitrogen and oxygen atoms in total. The van der Waals surface area contributed by atoms with Gasteiger partial charge >= 0.3 is 6.18 Å². The van der Waals surface area contributed by atoms with Gasteiger partial charge in [-0.2, -0.15) is 13.2 Å². The highest BCUT2D eigenvalue weighted by Crippen LogP contribution is 2.36. The van der Waals surface area contributed by atoms with Gasteiger partial charge < -0.3 is 9.84 Å². The number of aromatic nitrogens is 1. The SMILES string of the molecule is COCc1ccccc1C(O)c1cnccc1C(F)(F)F. The molecule has 1 heterocycles. The third-order valence-electron chi connectivity index (χ3n) is 3.10. The number of nitrogens with zero attached hydrogens (tertiary/aromatic N) is 1. The van der Waals surface area contributed by atoms with E-state index < -0.39 is 17.8 Å². The lowest BCUT2D eigenvalue weighted by molar-refractivity contribution is -0.139. The highest BCUT2D eigenvalue weighted by Gasteiger charge is 2.35. The lowest BCUT2D eigenvalue weighted by Gasteiger charge is -2.19. The predicted molar refractivity (Wildman–Crippen MR) is 70.5 cm³/mol. The molecule has 1 N–H and O–H groups in total. The average molecular weight is 297 g/mol. The Kier molecular flexibility index (Phi) is 4.59. The topological polar surface area (TPSA) is 42.4 Å². The van der Waals surface area contributed by atoms with Gasteiger partial charge in [0.15, 0.2) is 0 Å². The van der Waals surface area contributed by atoms with Gasteiger partial charge in [0.2, 0.25) is 0 Å². The lowest BCUT2D eigenvalue weighted by Crippen LogP contribution is -2.14. The summed E-state index contributed by atoms with van der Waals surface area (Å²) in [5.74, 6) is 0. The zero-order chi connectivity index (χ0) is 15.5. The van der Waals surface area contributed by atoms with Gasteiger partial charge in [-0.1, -0.05) is 24.3 Å². The summed E-state index contributed by atoms with van der Waals surface area (Å²) in [6, 6.07) is 7.52. The molecule has 2 rings (SSSR count). The zero-order valence-electron chi connectivity index (χ0n) is 11.3. The van der Waals surface area contributed by atoms with E-state index in [2.05, 4.69) is 4.98 Å². The van der Waals surface area contributed by atoms with Crippen LogP contribution in [0.25, 0.3) is 0 Å². The first-order valence-electron chi connectivity index (χ1n) is 6.21. The Labute approximate surface area is 120 Å². The molecule has 2 aromatic rings. The van der Waals surface area contributed by atoms with E-state index in [0.717, 1.165) is 18.5 Å². The molecule has 0 fully saturated rings. The van der Waals surface area contributed by atoms with E-state index in [0.29, 0.717) is 11.1 Å². The molecule has 1 atom stereocenters.